The van der Waals surface area contributed by atoms with Gasteiger partial charge in [0.15, 0.2) is 0 Å². The molecule has 20 heavy (non-hydrogen) atoms. The number of carboxylic acids is 1. The first-order valence-electron chi connectivity index (χ1n) is 5.93. The molecular formula is C12H14N2O4S2. The highest BCUT2D eigenvalue weighted by molar-refractivity contribution is 7.99. The van der Waals surface area contributed by atoms with E-state index in [1.807, 2.05) is 0 Å². The molecule has 0 saturated carbocycles. The Kier molecular flexibility index (Phi) is 4.79. The molecule has 0 aliphatic carbocycles. The van der Waals surface area contributed by atoms with E-state index in [9.17, 15) is 13.2 Å². The summed E-state index contributed by atoms with van der Waals surface area (Å²) in [7, 11) is -3.61. The second-order valence-electron chi connectivity index (χ2n) is 4.31. The fourth-order valence-electron chi connectivity index (χ4n) is 1.76. The van der Waals surface area contributed by atoms with Crippen LogP contribution in [0.3, 0.4) is 0 Å². The van der Waals surface area contributed by atoms with Crippen molar-refractivity contribution in [3.63, 3.8) is 0 Å². The van der Waals surface area contributed by atoms with E-state index in [1.165, 1.54) is 24.5 Å². The lowest BCUT2D eigenvalue weighted by Gasteiger charge is -2.11. The summed E-state index contributed by atoms with van der Waals surface area (Å²) in [6, 6.07) is 1.35. The van der Waals surface area contributed by atoms with Crippen molar-refractivity contribution in [2.45, 2.75) is 17.4 Å². The summed E-state index contributed by atoms with van der Waals surface area (Å²) < 4.78 is 27.0. The minimum absolute atomic E-state index is 0.0435. The molecule has 0 bridgehead atoms. The van der Waals surface area contributed by atoms with Gasteiger partial charge in [0.05, 0.1) is 0 Å². The van der Waals surface area contributed by atoms with E-state index in [1.54, 1.807) is 11.8 Å². The van der Waals surface area contributed by atoms with Crippen LogP contribution in [0.1, 0.15) is 12.0 Å². The van der Waals surface area contributed by atoms with E-state index in [0.29, 0.717) is 5.56 Å². The Labute approximate surface area is 121 Å². The number of hydrogen-bond acceptors (Lipinski definition) is 5. The lowest BCUT2D eigenvalue weighted by atomic mass is 10.2. The molecule has 1 aromatic rings. The molecule has 0 amide bonds. The number of pyridine rings is 1. The second kappa shape index (κ2) is 6.38. The van der Waals surface area contributed by atoms with Gasteiger partial charge in [0, 0.05) is 30.3 Å². The number of rotatable bonds is 5. The summed E-state index contributed by atoms with van der Waals surface area (Å²) in [6.07, 6.45) is 5.72. The topological polar surface area (TPSA) is 96.4 Å². The highest BCUT2D eigenvalue weighted by atomic mass is 32.2. The number of aromatic nitrogens is 1. The zero-order valence-electron chi connectivity index (χ0n) is 10.5. The van der Waals surface area contributed by atoms with Crippen molar-refractivity contribution in [2.75, 3.05) is 11.5 Å². The summed E-state index contributed by atoms with van der Waals surface area (Å²) in [5.74, 6) is 0.623. The summed E-state index contributed by atoms with van der Waals surface area (Å²) in [5.41, 5.74) is 0.427. The van der Waals surface area contributed by atoms with E-state index < -0.39 is 16.0 Å². The zero-order valence-corrected chi connectivity index (χ0v) is 12.2. The van der Waals surface area contributed by atoms with Gasteiger partial charge in [-0.1, -0.05) is 0 Å². The molecule has 1 aliphatic rings. The fourth-order valence-corrected chi connectivity index (χ4v) is 4.28. The first-order chi connectivity index (χ1) is 9.47. The zero-order chi connectivity index (χ0) is 14.6. The Morgan fingerprint density at radius 1 is 1.50 bits per heavy atom. The van der Waals surface area contributed by atoms with E-state index in [0.717, 1.165) is 24.0 Å². The van der Waals surface area contributed by atoms with Crippen LogP contribution in [0.25, 0.3) is 6.08 Å². The van der Waals surface area contributed by atoms with Crippen molar-refractivity contribution >= 4 is 33.8 Å². The largest absolute Gasteiger partial charge is 0.478 e. The SMILES string of the molecule is O=C(O)/C=C/c1cncc(S(=O)(=O)NC2CCSC2)c1. The second-order valence-corrected chi connectivity index (χ2v) is 7.17. The third-order valence-electron chi connectivity index (χ3n) is 2.71. The summed E-state index contributed by atoms with van der Waals surface area (Å²) in [6.45, 7) is 0. The van der Waals surface area contributed by atoms with Crippen molar-refractivity contribution in [1.82, 2.24) is 9.71 Å². The number of nitrogens with zero attached hydrogens (tertiary/aromatic N) is 1. The Hall–Kier alpha value is -1.38. The van der Waals surface area contributed by atoms with E-state index in [-0.39, 0.29) is 10.9 Å². The quantitative estimate of drug-likeness (QED) is 0.786. The summed E-state index contributed by atoms with van der Waals surface area (Å²) in [4.78, 5) is 14.3. The maximum atomic E-state index is 12.2. The molecule has 1 aliphatic heterocycles. The number of thioether (sulfide) groups is 1. The van der Waals surface area contributed by atoms with Crippen LogP contribution >= 0.6 is 11.8 Å². The minimum atomic E-state index is -3.61. The molecule has 8 heteroatoms. The molecule has 1 fully saturated rings. The average Bonchev–Trinajstić information content (AvgIpc) is 2.89. The molecule has 0 radical (unpaired) electrons. The average molecular weight is 314 g/mol. The molecule has 1 saturated heterocycles. The standard InChI is InChI=1S/C12H14N2O4S2/c15-12(16)2-1-9-5-11(7-13-6-9)20(17,18)14-10-3-4-19-8-10/h1-2,5-7,10,14H,3-4,8H2,(H,15,16)/b2-1+. The number of nitrogens with one attached hydrogen (secondary N) is 1. The first-order valence-corrected chi connectivity index (χ1v) is 8.57. The molecule has 0 aromatic carbocycles. The fraction of sp³-hybridized carbons (Fsp3) is 0.333. The van der Waals surface area contributed by atoms with Gasteiger partial charge >= 0.3 is 5.97 Å². The normalized spacial score (nSPS) is 19.5. The molecule has 1 unspecified atom stereocenters. The monoisotopic (exact) mass is 314 g/mol. The number of hydrogen-bond donors (Lipinski definition) is 2. The molecular weight excluding hydrogens is 300 g/mol. The van der Waals surface area contributed by atoms with Crippen LogP contribution in [0.15, 0.2) is 29.4 Å². The summed E-state index contributed by atoms with van der Waals surface area (Å²) >= 11 is 1.71. The Morgan fingerprint density at radius 2 is 2.30 bits per heavy atom. The van der Waals surface area contributed by atoms with Crippen LogP contribution in [0.5, 0.6) is 0 Å². The Balaban J connectivity index is 2.18. The van der Waals surface area contributed by atoms with Crippen LogP contribution in [0.2, 0.25) is 0 Å². The lowest BCUT2D eigenvalue weighted by molar-refractivity contribution is -0.131. The molecule has 2 N–H and O–H groups in total. The number of carboxylic acid groups (broad SMARTS) is 1. The molecule has 2 heterocycles. The van der Waals surface area contributed by atoms with Crippen LogP contribution < -0.4 is 4.72 Å². The smallest absolute Gasteiger partial charge is 0.328 e. The van der Waals surface area contributed by atoms with Crippen molar-refractivity contribution in [2.24, 2.45) is 0 Å². The third-order valence-corrected chi connectivity index (χ3v) is 5.36. The predicted molar refractivity (Wildman–Crippen MR) is 77.0 cm³/mol. The molecule has 1 aromatic heterocycles. The van der Waals surface area contributed by atoms with Gasteiger partial charge in [0.2, 0.25) is 10.0 Å². The van der Waals surface area contributed by atoms with Gasteiger partial charge in [-0.25, -0.2) is 17.9 Å². The van der Waals surface area contributed by atoms with Crippen LogP contribution in [0.4, 0.5) is 0 Å². The molecule has 108 valence electrons. The first kappa shape index (κ1) is 15.0. The van der Waals surface area contributed by atoms with Crippen molar-refractivity contribution in [3.05, 3.63) is 30.1 Å². The Morgan fingerprint density at radius 3 is 2.95 bits per heavy atom. The van der Waals surface area contributed by atoms with Gasteiger partial charge in [-0.05, 0) is 29.9 Å². The van der Waals surface area contributed by atoms with Gasteiger partial charge in [-0.3, -0.25) is 4.98 Å². The van der Waals surface area contributed by atoms with Crippen molar-refractivity contribution in [1.29, 1.82) is 0 Å². The van der Waals surface area contributed by atoms with Gasteiger partial charge in [-0.2, -0.15) is 11.8 Å². The van der Waals surface area contributed by atoms with Crippen LogP contribution in [-0.4, -0.2) is 42.0 Å². The number of sulfonamides is 1. The number of carbonyl (C=O) groups is 1. The third kappa shape index (κ3) is 4.06. The van der Waals surface area contributed by atoms with Gasteiger partial charge in [0.25, 0.3) is 0 Å². The maximum Gasteiger partial charge on any atom is 0.328 e. The highest BCUT2D eigenvalue weighted by Gasteiger charge is 2.23. The van der Waals surface area contributed by atoms with Crippen LogP contribution in [0, 0.1) is 0 Å². The molecule has 2 rings (SSSR count). The van der Waals surface area contributed by atoms with Gasteiger partial charge in [0.1, 0.15) is 4.90 Å². The molecule has 1 atom stereocenters. The van der Waals surface area contributed by atoms with Crippen molar-refractivity contribution < 1.29 is 18.3 Å². The van der Waals surface area contributed by atoms with E-state index >= 15 is 0 Å². The lowest BCUT2D eigenvalue weighted by Crippen LogP contribution is -2.34. The number of aliphatic carboxylic acids is 1. The minimum Gasteiger partial charge on any atom is -0.478 e. The van der Waals surface area contributed by atoms with Crippen LogP contribution in [-0.2, 0) is 14.8 Å². The molecule has 6 nitrogen and oxygen atoms in total. The van der Waals surface area contributed by atoms with E-state index in [4.69, 9.17) is 5.11 Å². The van der Waals surface area contributed by atoms with E-state index in [2.05, 4.69) is 9.71 Å². The Bertz CT molecular complexity index is 622. The molecule has 0 spiro atoms. The highest BCUT2D eigenvalue weighted by Crippen LogP contribution is 2.19. The summed E-state index contributed by atoms with van der Waals surface area (Å²) in [5, 5.41) is 8.55. The van der Waals surface area contributed by atoms with Gasteiger partial charge < -0.3 is 5.11 Å². The predicted octanol–water partition coefficient (Wildman–Crippen LogP) is 0.963. The van der Waals surface area contributed by atoms with Crippen molar-refractivity contribution in [3.8, 4) is 0 Å². The maximum absolute atomic E-state index is 12.2. The van der Waals surface area contributed by atoms with Gasteiger partial charge in [-0.15, -0.1) is 0 Å².